The van der Waals surface area contributed by atoms with Gasteiger partial charge in [0.1, 0.15) is 6.10 Å². The zero-order chi connectivity index (χ0) is 19.6. The van der Waals surface area contributed by atoms with E-state index in [2.05, 4.69) is 19.1 Å². The predicted molar refractivity (Wildman–Crippen MR) is 116 cm³/mol. The monoisotopic (exact) mass is 374 g/mol. The quantitative estimate of drug-likeness (QED) is 0.207. The molecule has 0 saturated carbocycles. The fraction of sp³-hybridized carbons (Fsp3) is 0.720. The first-order chi connectivity index (χ1) is 13.2. The van der Waals surface area contributed by atoms with E-state index in [4.69, 9.17) is 4.74 Å². The van der Waals surface area contributed by atoms with Crippen LogP contribution in [0.1, 0.15) is 109 Å². The van der Waals surface area contributed by atoms with Crippen LogP contribution in [0.4, 0.5) is 0 Å². The molecule has 1 atom stereocenters. The zero-order valence-corrected chi connectivity index (χ0v) is 17.9. The number of carbonyl (C=O) groups is 1. The van der Waals surface area contributed by atoms with Gasteiger partial charge in [-0.3, -0.25) is 4.79 Å². The van der Waals surface area contributed by atoms with Crippen LogP contribution in [-0.4, -0.2) is 12.1 Å². The first-order valence-corrected chi connectivity index (χ1v) is 11.5. The molecule has 0 aliphatic carbocycles. The van der Waals surface area contributed by atoms with Gasteiger partial charge in [0, 0.05) is 12.8 Å². The molecule has 0 aromatic heterocycles. The van der Waals surface area contributed by atoms with E-state index in [0.717, 1.165) is 19.3 Å². The van der Waals surface area contributed by atoms with Crippen molar-refractivity contribution in [3.8, 4) is 0 Å². The molecule has 0 heterocycles. The average Bonchev–Trinajstić information content (AvgIpc) is 2.66. The summed E-state index contributed by atoms with van der Waals surface area (Å²) in [6.45, 7) is 4.25. The lowest BCUT2D eigenvalue weighted by molar-refractivity contribution is -0.148. The molecule has 0 saturated heterocycles. The fourth-order valence-electron chi connectivity index (χ4n) is 3.56. The molecule has 0 fully saturated rings. The highest BCUT2D eigenvalue weighted by Crippen LogP contribution is 2.13. The second-order valence-corrected chi connectivity index (χ2v) is 7.98. The molecule has 0 aliphatic rings. The summed E-state index contributed by atoms with van der Waals surface area (Å²) in [4.78, 5) is 11.9. The second kappa shape index (κ2) is 16.8. The summed E-state index contributed by atoms with van der Waals surface area (Å²) >= 11 is 0. The maximum absolute atomic E-state index is 11.9. The molecule has 27 heavy (non-hydrogen) atoms. The van der Waals surface area contributed by atoms with Crippen LogP contribution in [-0.2, 0) is 16.0 Å². The van der Waals surface area contributed by atoms with E-state index in [1.54, 1.807) is 0 Å². The number of benzene rings is 1. The average molecular weight is 375 g/mol. The number of rotatable bonds is 17. The Balaban J connectivity index is 1.86. The van der Waals surface area contributed by atoms with Gasteiger partial charge >= 0.3 is 5.97 Å². The molecule has 1 aromatic rings. The van der Waals surface area contributed by atoms with Crippen molar-refractivity contribution in [1.82, 2.24) is 0 Å². The zero-order valence-electron chi connectivity index (χ0n) is 17.9. The molecule has 0 unspecified atom stereocenters. The summed E-state index contributed by atoms with van der Waals surface area (Å²) in [6, 6.07) is 10.2. The van der Waals surface area contributed by atoms with Crippen LogP contribution in [0.25, 0.3) is 0 Å². The van der Waals surface area contributed by atoms with Gasteiger partial charge in [0.25, 0.3) is 0 Å². The third-order valence-corrected chi connectivity index (χ3v) is 5.18. The van der Waals surface area contributed by atoms with Gasteiger partial charge in [-0.1, -0.05) is 114 Å². The lowest BCUT2D eigenvalue weighted by Crippen LogP contribution is -2.17. The first-order valence-electron chi connectivity index (χ1n) is 11.5. The standard InChI is InChI=1S/C25H42O2/c1-3-4-5-6-7-8-9-10-11-12-13-14-18-21-25(26)27-23(2)22-24-19-16-15-17-20-24/h15-17,19-20,23H,3-14,18,21-22H2,1-2H3/t23-/m1/s1. The Morgan fingerprint density at radius 3 is 1.78 bits per heavy atom. The molecule has 0 amide bonds. The van der Waals surface area contributed by atoms with E-state index in [1.807, 2.05) is 25.1 Å². The summed E-state index contributed by atoms with van der Waals surface area (Å²) in [5, 5.41) is 0. The van der Waals surface area contributed by atoms with E-state index in [0.29, 0.717) is 6.42 Å². The van der Waals surface area contributed by atoms with Crippen molar-refractivity contribution in [2.45, 2.75) is 116 Å². The van der Waals surface area contributed by atoms with Gasteiger partial charge < -0.3 is 4.74 Å². The van der Waals surface area contributed by atoms with Crippen LogP contribution in [0.3, 0.4) is 0 Å². The van der Waals surface area contributed by atoms with Gasteiger partial charge in [0.2, 0.25) is 0 Å². The minimum atomic E-state index is -0.0403. The molecular formula is C25H42O2. The molecule has 0 radical (unpaired) electrons. The third-order valence-electron chi connectivity index (χ3n) is 5.18. The summed E-state index contributed by atoms with van der Waals surface area (Å²) in [5.74, 6) is -0.0403. The van der Waals surface area contributed by atoms with Gasteiger partial charge in [-0.2, -0.15) is 0 Å². The van der Waals surface area contributed by atoms with Crippen molar-refractivity contribution in [3.05, 3.63) is 35.9 Å². The number of hydrogen-bond donors (Lipinski definition) is 0. The van der Waals surface area contributed by atoms with Crippen LogP contribution >= 0.6 is 0 Å². The van der Waals surface area contributed by atoms with Crippen molar-refractivity contribution < 1.29 is 9.53 Å². The minimum absolute atomic E-state index is 0.0399. The van der Waals surface area contributed by atoms with Gasteiger partial charge in [0.05, 0.1) is 0 Å². The Morgan fingerprint density at radius 1 is 0.778 bits per heavy atom. The van der Waals surface area contributed by atoms with E-state index in [1.165, 1.54) is 76.2 Å². The highest BCUT2D eigenvalue weighted by Gasteiger charge is 2.09. The third kappa shape index (κ3) is 14.4. The Morgan fingerprint density at radius 2 is 1.26 bits per heavy atom. The van der Waals surface area contributed by atoms with Gasteiger partial charge in [0.15, 0.2) is 0 Å². The molecule has 154 valence electrons. The van der Waals surface area contributed by atoms with Crippen LogP contribution in [0, 0.1) is 0 Å². The second-order valence-electron chi connectivity index (χ2n) is 7.98. The van der Waals surface area contributed by atoms with Gasteiger partial charge in [-0.05, 0) is 18.9 Å². The highest BCUT2D eigenvalue weighted by molar-refractivity contribution is 5.69. The van der Waals surface area contributed by atoms with Crippen molar-refractivity contribution >= 4 is 5.97 Å². The van der Waals surface area contributed by atoms with Crippen LogP contribution in [0.15, 0.2) is 30.3 Å². The molecule has 0 N–H and O–H groups in total. The van der Waals surface area contributed by atoms with Crippen molar-refractivity contribution in [3.63, 3.8) is 0 Å². The number of hydrogen-bond acceptors (Lipinski definition) is 2. The molecule has 1 aromatic carbocycles. The first kappa shape index (κ1) is 23.7. The predicted octanol–water partition coefficient (Wildman–Crippen LogP) is 7.64. The van der Waals surface area contributed by atoms with E-state index in [-0.39, 0.29) is 12.1 Å². The highest BCUT2D eigenvalue weighted by atomic mass is 16.5. The minimum Gasteiger partial charge on any atom is -0.462 e. The maximum atomic E-state index is 11.9. The summed E-state index contributed by atoms with van der Waals surface area (Å²) < 4.78 is 5.52. The molecule has 0 aliphatic heterocycles. The number of carbonyl (C=O) groups excluding carboxylic acids is 1. The topological polar surface area (TPSA) is 26.3 Å². The molecule has 2 nitrogen and oxygen atoms in total. The SMILES string of the molecule is CCCCCCCCCCCCCCCC(=O)O[C@H](C)Cc1ccccc1. The Bertz CT molecular complexity index is 455. The molecule has 0 bridgehead atoms. The van der Waals surface area contributed by atoms with Gasteiger partial charge in [-0.25, -0.2) is 0 Å². The summed E-state index contributed by atoms with van der Waals surface area (Å²) in [5.41, 5.74) is 1.22. The van der Waals surface area contributed by atoms with Crippen molar-refractivity contribution in [2.24, 2.45) is 0 Å². The Kier molecular flexibility index (Phi) is 14.8. The number of ether oxygens (including phenoxy) is 1. The molecular weight excluding hydrogens is 332 g/mol. The number of unbranched alkanes of at least 4 members (excludes halogenated alkanes) is 12. The van der Waals surface area contributed by atoms with Crippen molar-refractivity contribution in [1.29, 1.82) is 0 Å². The van der Waals surface area contributed by atoms with Crippen molar-refractivity contribution in [2.75, 3.05) is 0 Å². The Labute approximate surface area is 168 Å². The van der Waals surface area contributed by atoms with Crippen LogP contribution < -0.4 is 0 Å². The molecule has 2 heteroatoms. The Hall–Kier alpha value is -1.31. The summed E-state index contributed by atoms with van der Waals surface area (Å²) in [7, 11) is 0. The van der Waals surface area contributed by atoms with E-state index >= 15 is 0 Å². The van der Waals surface area contributed by atoms with E-state index in [9.17, 15) is 4.79 Å². The lowest BCUT2D eigenvalue weighted by Gasteiger charge is -2.13. The van der Waals surface area contributed by atoms with Gasteiger partial charge in [-0.15, -0.1) is 0 Å². The van der Waals surface area contributed by atoms with Crippen LogP contribution in [0.2, 0.25) is 0 Å². The maximum Gasteiger partial charge on any atom is 0.306 e. The normalized spacial score (nSPS) is 12.1. The van der Waals surface area contributed by atoms with E-state index < -0.39 is 0 Å². The summed E-state index contributed by atoms with van der Waals surface area (Å²) in [6.07, 6.45) is 18.6. The smallest absolute Gasteiger partial charge is 0.306 e. The largest absolute Gasteiger partial charge is 0.462 e. The molecule has 0 spiro atoms. The number of esters is 1. The lowest BCUT2D eigenvalue weighted by atomic mass is 10.0. The van der Waals surface area contributed by atoms with Crippen LogP contribution in [0.5, 0.6) is 0 Å². The fourth-order valence-corrected chi connectivity index (χ4v) is 3.56. The molecule has 1 rings (SSSR count).